The fraction of sp³-hybridized carbons (Fsp3) is 0. The summed E-state index contributed by atoms with van der Waals surface area (Å²) in [6.45, 7) is 0. The molecule has 0 spiro atoms. The first-order valence-corrected chi connectivity index (χ1v) is 20.5. The van der Waals surface area contributed by atoms with E-state index in [4.69, 9.17) is 9.97 Å². The number of aromatic nitrogens is 2. The number of hydrogen-bond acceptors (Lipinski definition) is 4. The van der Waals surface area contributed by atoms with Crippen molar-refractivity contribution in [1.82, 2.24) is 15.3 Å². The van der Waals surface area contributed by atoms with Gasteiger partial charge in [0, 0.05) is 39.1 Å². The molecule has 0 fully saturated rings. The summed E-state index contributed by atoms with van der Waals surface area (Å²) in [7, 11) is 0. The van der Waals surface area contributed by atoms with Crippen LogP contribution in [0.3, 0.4) is 0 Å². The van der Waals surface area contributed by atoms with Crippen LogP contribution in [0.1, 0.15) is 27.8 Å². The molecule has 288 valence electrons. The highest BCUT2D eigenvalue weighted by Crippen LogP contribution is 2.41. The molecule has 4 nitrogen and oxygen atoms in total. The molecule has 8 aromatic carbocycles. The Bertz CT molecular complexity index is 3080. The number of nitrogens with one attached hydrogen (secondary N) is 2. The van der Waals surface area contributed by atoms with Gasteiger partial charge >= 0.3 is 0 Å². The van der Waals surface area contributed by atoms with Gasteiger partial charge in [-0.25, -0.2) is 9.97 Å². The first kappa shape index (κ1) is 37.1. The van der Waals surface area contributed by atoms with E-state index in [1.54, 1.807) is 0 Å². The second kappa shape index (κ2) is 16.6. The Balaban J connectivity index is 1.15. The molecule has 0 atom stereocenters. The fourth-order valence-corrected chi connectivity index (χ4v) is 8.10. The maximum Gasteiger partial charge on any atom is 0.160 e. The highest BCUT2D eigenvalue weighted by Gasteiger charge is 2.25. The second-order valence-electron chi connectivity index (χ2n) is 15.0. The van der Waals surface area contributed by atoms with E-state index >= 15 is 0 Å². The maximum absolute atomic E-state index is 9.70. The highest BCUT2D eigenvalue weighted by atomic mass is 14.9. The predicted molar refractivity (Wildman–Crippen MR) is 253 cm³/mol. The first-order valence-electron chi connectivity index (χ1n) is 20.5. The van der Waals surface area contributed by atoms with Crippen LogP contribution in [-0.4, -0.2) is 15.7 Å². The molecular weight excluding hydrogens is 741 g/mol. The molecule has 10 rings (SSSR count). The van der Waals surface area contributed by atoms with Gasteiger partial charge in [0.2, 0.25) is 0 Å². The lowest BCUT2D eigenvalue weighted by molar-refractivity contribution is 1.18. The number of benzene rings is 8. The fourth-order valence-electron chi connectivity index (χ4n) is 8.10. The molecule has 9 aromatic rings. The van der Waals surface area contributed by atoms with Crippen LogP contribution >= 0.6 is 0 Å². The summed E-state index contributed by atoms with van der Waals surface area (Å²) in [5.74, 6) is 0.673. The molecule has 2 N–H and O–H groups in total. The topological polar surface area (TPSA) is 61.7 Å². The van der Waals surface area contributed by atoms with Gasteiger partial charge < -0.3 is 5.32 Å². The highest BCUT2D eigenvalue weighted by molar-refractivity contribution is 6.36. The lowest BCUT2D eigenvalue weighted by atomic mass is 9.85. The summed E-state index contributed by atoms with van der Waals surface area (Å²) in [6.07, 6.45) is 2.25. The van der Waals surface area contributed by atoms with Crippen LogP contribution in [0.4, 0.5) is 0 Å². The normalized spacial score (nSPS) is 12.8. The van der Waals surface area contributed by atoms with Crippen molar-refractivity contribution in [3.8, 4) is 56.2 Å². The monoisotopic (exact) mass is 780 g/mol. The molecule has 0 radical (unpaired) electrons. The molecule has 0 saturated carbocycles. The van der Waals surface area contributed by atoms with E-state index < -0.39 is 0 Å². The van der Waals surface area contributed by atoms with E-state index in [1.807, 2.05) is 78.9 Å². The summed E-state index contributed by atoms with van der Waals surface area (Å²) in [5.41, 5.74) is 17.2. The van der Waals surface area contributed by atoms with Crippen molar-refractivity contribution >= 4 is 28.8 Å². The smallest absolute Gasteiger partial charge is 0.160 e. The van der Waals surface area contributed by atoms with Crippen LogP contribution < -0.4 is 5.32 Å². The van der Waals surface area contributed by atoms with E-state index in [9.17, 15) is 5.41 Å². The lowest BCUT2D eigenvalue weighted by Crippen LogP contribution is -2.20. The summed E-state index contributed by atoms with van der Waals surface area (Å²) >= 11 is 0. The van der Waals surface area contributed by atoms with Gasteiger partial charge in [-0.1, -0.05) is 206 Å². The minimum atomic E-state index is 0.449. The summed E-state index contributed by atoms with van der Waals surface area (Å²) < 4.78 is 0. The Morgan fingerprint density at radius 1 is 0.377 bits per heavy atom. The van der Waals surface area contributed by atoms with Gasteiger partial charge in [-0.05, 0) is 63.2 Å². The van der Waals surface area contributed by atoms with Gasteiger partial charge in [0.05, 0.1) is 22.8 Å². The van der Waals surface area contributed by atoms with E-state index in [1.165, 1.54) is 0 Å². The van der Waals surface area contributed by atoms with E-state index in [2.05, 4.69) is 157 Å². The van der Waals surface area contributed by atoms with E-state index in [-0.39, 0.29) is 0 Å². The van der Waals surface area contributed by atoms with Gasteiger partial charge in [-0.2, -0.15) is 0 Å². The SMILES string of the molecule is N=C(/C(=C1\NC(c2ccccc2)=Cc2c1cccc2-c1cccc(-c2cc(-c3cccc(-c4ccccc4)c3)nc(-c3ccccc3)n2)c1)c1ccccc1)c1ccccc1. The average Bonchev–Trinajstić information content (AvgIpc) is 3.35. The molecule has 0 saturated heterocycles. The Morgan fingerprint density at radius 2 is 0.836 bits per heavy atom. The lowest BCUT2D eigenvalue weighted by Gasteiger charge is -2.27. The largest absolute Gasteiger partial charge is 0.354 e. The minimum Gasteiger partial charge on any atom is -0.354 e. The zero-order chi connectivity index (χ0) is 41.0. The molecule has 4 heteroatoms. The quantitative estimate of drug-likeness (QED) is 0.143. The maximum atomic E-state index is 9.70. The third-order valence-corrected chi connectivity index (χ3v) is 11.1. The van der Waals surface area contributed by atoms with Crippen molar-refractivity contribution in [1.29, 1.82) is 5.41 Å². The van der Waals surface area contributed by atoms with Gasteiger partial charge in [0.25, 0.3) is 0 Å². The van der Waals surface area contributed by atoms with Crippen LogP contribution in [0.5, 0.6) is 0 Å². The molecule has 0 aliphatic carbocycles. The molecule has 1 aromatic heterocycles. The molecule has 0 amide bonds. The number of rotatable bonds is 9. The minimum absolute atomic E-state index is 0.449. The van der Waals surface area contributed by atoms with E-state index in [0.29, 0.717) is 11.5 Å². The van der Waals surface area contributed by atoms with Crippen LogP contribution in [0, 0.1) is 5.41 Å². The third kappa shape index (κ3) is 7.62. The summed E-state index contributed by atoms with van der Waals surface area (Å²) in [5, 5.41) is 13.5. The number of nitrogens with zero attached hydrogens (tertiary/aromatic N) is 2. The summed E-state index contributed by atoms with van der Waals surface area (Å²) in [6, 6.07) is 77.1. The van der Waals surface area contributed by atoms with Crippen molar-refractivity contribution in [2.45, 2.75) is 0 Å². The van der Waals surface area contributed by atoms with Crippen LogP contribution in [-0.2, 0) is 0 Å². The van der Waals surface area contributed by atoms with Gasteiger partial charge in [-0.15, -0.1) is 0 Å². The van der Waals surface area contributed by atoms with Crippen molar-refractivity contribution < 1.29 is 0 Å². The second-order valence-corrected chi connectivity index (χ2v) is 15.0. The average molecular weight is 781 g/mol. The van der Waals surface area contributed by atoms with Crippen LogP contribution in [0.15, 0.2) is 224 Å². The molecule has 1 aliphatic rings. The van der Waals surface area contributed by atoms with Crippen molar-refractivity contribution in [3.63, 3.8) is 0 Å². The molecule has 1 aliphatic heterocycles. The number of allylic oxidation sites excluding steroid dienone is 1. The predicted octanol–water partition coefficient (Wildman–Crippen LogP) is 13.8. The Morgan fingerprint density at radius 3 is 1.46 bits per heavy atom. The Hall–Kier alpha value is -8.21. The Labute approximate surface area is 356 Å². The van der Waals surface area contributed by atoms with Crippen molar-refractivity contribution in [3.05, 3.63) is 252 Å². The molecule has 0 bridgehead atoms. The summed E-state index contributed by atoms with van der Waals surface area (Å²) in [4.78, 5) is 10.4. The van der Waals surface area contributed by atoms with Crippen molar-refractivity contribution in [2.75, 3.05) is 0 Å². The zero-order valence-corrected chi connectivity index (χ0v) is 33.3. The number of fused-ring (bicyclic) bond motifs is 1. The van der Waals surface area contributed by atoms with Gasteiger partial charge in [0.15, 0.2) is 5.82 Å². The number of hydrogen-bond donors (Lipinski definition) is 2. The molecular formula is C57H40N4. The molecule has 2 heterocycles. The van der Waals surface area contributed by atoms with Crippen LogP contribution in [0.25, 0.3) is 79.2 Å². The van der Waals surface area contributed by atoms with Gasteiger partial charge in [0.1, 0.15) is 0 Å². The standard InChI is InChI=1S/C57H40N4/c58-55(42-25-12-4-13-26-42)54(41-23-10-3-11-24-41)56-49-34-18-33-48(50(49)37-51(59-56)40-21-8-2-9-22-40)45-30-17-32-47(36-45)53-38-52(60-57(61-53)43-27-14-5-15-28-43)46-31-16-29-44(35-46)39-19-6-1-7-20-39/h1-38,58-59H/b56-54-,58-55?. The first-order chi connectivity index (χ1) is 30.2. The van der Waals surface area contributed by atoms with E-state index in [0.717, 1.165) is 95.1 Å². The molecule has 61 heavy (non-hydrogen) atoms. The third-order valence-electron chi connectivity index (χ3n) is 11.1. The molecule has 0 unspecified atom stereocenters. The van der Waals surface area contributed by atoms with Crippen molar-refractivity contribution in [2.24, 2.45) is 0 Å². The van der Waals surface area contributed by atoms with Gasteiger partial charge in [-0.3, -0.25) is 5.41 Å². The van der Waals surface area contributed by atoms with Crippen LogP contribution in [0.2, 0.25) is 0 Å². The zero-order valence-electron chi connectivity index (χ0n) is 33.3. The Kier molecular flexibility index (Phi) is 10.1.